The lowest BCUT2D eigenvalue weighted by Crippen LogP contribution is -2.29. The van der Waals surface area contributed by atoms with Gasteiger partial charge in [-0.3, -0.25) is 19.2 Å². The Morgan fingerprint density at radius 3 is 2.56 bits per heavy atom. The fraction of sp³-hybridized carbons (Fsp3) is 0.235. The molecule has 0 N–H and O–H groups in total. The molecule has 1 aliphatic heterocycles. The van der Waals surface area contributed by atoms with Gasteiger partial charge in [-0.25, -0.2) is 8.42 Å². The van der Waals surface area contributed by atoms with Crippen LogP contribution in [0.15, 0.2) is 53.4 Å². The van der Waals surface area contributed by atoms with E-state index >= 15 is 0 Å². The molecule has 7 nitrogen and oxygen atoms in total. The average Bonchev–Trinajstić information content (AvgIpc) is 3.04. The third-order valence-corrected chi connectivity index (χ3v) is 5.93. The maximum atomic E-state index is 12.8. The van der Waals surface area contributed by atoms with Gasteiger partial charge in [0.25, 0.3) is 10.0 Å². The van der Waals surface area contributed by atoms with Crippen molar-refractivity contribution in [2.24, 2.45) is 0 Å². The zero-order valence-electron chi connectivity index (χ0n) is 13.3. The van der Waals surface area contributed by atoms with Gasteiger partial charge in [-0.05, 0) is 42.3 Å². The molecule has 0 atom stereocenters. The van der Waals surface area contributed by atoms with Crippen LogP contribution in [0.3, 0.4) is 0 Å². The summed E-state index contributed by atoms with van der Waals surface area (Å²) in [5.41, 5.74) is 1.68. The van der Waals surface area contributed by atoms with E-state index < -0.39 is 21.5 Å². The first-order valence-electron chi connectivity index (χ1n) is 7.75. The Bertz CT molecular complexity index is 925. The Balaban J connectivity index is 1.87. The second-order valence-electron chi connectivity index (χ2n) is 5.71. The van der Waals surface area contributed by atoms with Crippen molar-refractivity contribution in [3.8, 4) is 0 Å². The van der Waals surface area contributed by atoms with Gasteiger partial charge in [0.2, 0.25) is 6.54 Å². The largest absolute Gasteiger partial charge is 0.294 e. The highest BCUT2D eigenvalue weighted by atomic mass is 32.2. The number of anilines is 1. The van der Waals surface area contributed by atoms with E-state index in [1.165, 1.54) is 10.4 Å². The molecule has 2 aromatic rings. The normalized spacial score (nSPS) is 13.5. The van der Waals surface area contributed by atoms with Gasteiger partial charge in [0.15, 0.2) is 5.78 Å². The predicted molar refractivity (Wildman–Crippen MR) is 91.9 cm³/mol. The summed E-state index contributed by atoms with van der Waals surface area (Å²) in [5, 5.41) is 10.4. The van der Waals surface area contributed by atoms with Gasteiger partial charge in [0, 0.05) is 17.0 Å². The van der Waals surface area contributed by atoms with E-state index in [4.69, 9.17) is 0 Å². The van der Waals surface area contributed by atoms with Gasteiger partial charge >= 0.3 is 0 Å². The topological polar surface area (TPSA) is 97.6 Å². The molecule has 0 aliphatic carbocycles. The Hall–Kier alpha value is -2.74. The first-order valence-corrected chi connectivity index (χ1v) is 9.19. The van der Waals surface area contributed by atoms with E-state index in [9.17, 15) is 23.3 Å². The summed E-state index contributed by atoms with van der Waals surface area (Å²) < 4.78 is 26.9. The third kappa shape index (κ3) is 3.39. The summed E-state index contributed by atoms with van der Waals surface area (Å²) in [5.74, 6) is -0.316. The highest BCUT2D eigenvalue weighted by molar-refractivity contribution is 7.92. The molecule has 0 saturated carbocycles. The minimum atomic E-state index is -3.65. The van der Waals surface area contributed by atoms with Crippen LogP contribution in [-0.4, -0.2) is 32.2 Å². The molecule has 3 rings (SSSR count). The Kier molecular flexibility index (Phi) is 4.54. The van der Waals surface area contributed by atoms with Crippen molar-refractivity contribution in [2.45, 2.75) is 17.7 Å². The van der Waals surface area contributed by atoms with Gasteiger partial charge < -0.3 is 0 Å². The molecular formula is C17H16N2O5S. The summed E-state index contributed by atoms with van der Waals surface area (Å²) >= 11 is 0. The summed E-state index contributed by atoms with van der Waals surface area (Å²) in [6.07, 6.45) is 0.329. The van der Waals surface area contributed by atoms with Crippen molar-refractivity contribution in [1.82, 2.24) is 0 Å². The SMILES string of the molecule is O=C(CC[N+](=O)[O-])c1ccc2c(c1)CCN2S(=O)(=O)c1ccccc1. The molecule has 2 aromatic carbocycles. The van der Waals surface area contributed by atoms with Crippen LogP contribution in [0.1, 0.15) is 22.3 Å². The number of ketones is 1. The Labute approximate surface area is 145 Å². The lowest BCUT2D eigenvalue weighted by Gasteiger charge is -2.19. The number of Topliss-reactive ketones (excluding diaryl/α,β-unsaturated/α-hetero) is 1. The maximum absolute atomic E-state index is 12.8. The van der Waals surface area contributed by atoms with E-state index in [-0.39, 0.29) is 17.1 Å². The van der Waals surface area contributed by atoms with Gasteiger partial charge in [-0.15, -0.1) is 0 Å². The number of hydrogen-bond acceptors (Lipinski definition) is 5. The second-order valence-corrected chi connectivity index (χ2v) is 7.58. The summed E-state index contributed by atoms with van der Waals surface area (Å²) in [7, 11) is -3.65. The monoisotopic (exact) mass is 360 g/mol. The lowest BCUT2D eigenvalue weighted by molar-refractivity contribution is -0.478. The van der Waals surface area contributed by atoms with E-state index in [1.807, 2.05) is 0 Å². The van der Waals surface area contributed by atoms with Crippen LogP contribution >= 0.6 is 0 Å². The third-order valence-electron chi connectivity index (χ3n) is 4.11. The molecule has 0 spiro atoms. The van der Waals surface area contributed by atoms with Crippen LogP contribution in [0, 0.1) is 10.1 Å². The van der Waals surface area contributed by atoms with Crippen LogP contribution in [-0.2, 0) is 16.4 Å². The molecular weight excluding hydrogens is 344 g/mol. The second kappa shape index (κ2) is 6.64. The van der Waals surface area contributed by atoms with Gasteiger partial charge in [0.05, 0.1) is 17.0 Å². The number of fused-ring (bicyclic) bond motifs is 1. The quantitative estimate of drug-likeness (QED) is 0.447. The number of hydrogen-bond donors (Lipinski definition) is 0. The fourth-order valence-corrected chi connectivity index (χ4v) is 4.38. The van der Waals surface area contributed by atoms with Gasteiger partial charge in [-0.2, -0.15) is 0 Å². The van der Waals surface area contributed by atoms with Crippen molar-refractivity contribution in [1.29, 1.82) is 0 Å². The van der Waals surface area contributed by atoms with E-state index in [2.05, 4.69) is 0 Å². The van der Waals surface area contributed by atoms with Crippen LogP contribution < -0.4 is 4.31 Å². The van der Waals surface area contributed by atoms with Crippen LogP contribution in [0.25, 0.3) is 0 Å². The molecule has 1 heterocycles. The number of nitro groups is 1. The summed E-state index contributed by atoms with van der Waals surface area (Å²) in [4.78, 5) is 22.1. The molecule has 25 heavy (non-hydrogen) atoms. The zero-order chi connectivity index (χ0) is 18.0. The predicted octanol–water partition coefficient (Wildman–Crippen LogP) is 2.29. The molecule has 0 bridgehead atoms. The highest BCUT2D eigenvalue weighted by Gasteiger charge is 2.31. The molecule has 8 heteroatoms. The summed E-state index contributed by atoms with van der Waals surface area (Å²) in [6.45, 7) is -0.108. The Morgan fingerprint density at radius 2 is 1.88 bits per heavy atom. The van der Waals surface area contributed by atoms with Crippen LogP contribution in [0.4, 0.5) is 5.69 Å². The molecule has 0 amide bonds. The average molecular weight is 360 g/mol. The smallest absolute Gasteiger partial charge is 0.264 e. The number of carbonyl (C=O) groups excluding carboxylic acids is 1. The minimum Gasteiger partial charge on any atom is -0.294 e. The molecule has 0 saturated heterocycles. The number of rotatable bonds is 6. The first kappa shape index (κ1) is 17.1. The molecule has 1 aliphatic rings. The molecule has 130 valence electrons. The minimum absolute atomic E-state index is 0.169. The van der Waals surface area contributed by atoms with E-state index in [0.29, 0.717) is 24.2 Å². The summed E-state index contributed by atoms with van der Waals surface area (Å²) in [6, 6.07) is 12.9. The van der Waals surface area contributed by atoms with Crippen LogP contribution in [0.5, 0.6) is 0 Å². The van der Waals surface area contributed by atoms with Crippen molar-refractivity contribution < 1.29 is 18.1 Å². The van der Waals surface area contributed by atoms with Crippen molar-refractivity contribution >= 4 is 21.5 Å². The van der Waals surface area contributed by atoms with Crippen molar-refractivity contribution in [3.63, 3.8) is 0 Å². The number of nitrogens with zero attached hydrogens (tertiary/aromatic N) is 2. The fourth-order valence-electron chi connectivity index (χ4n) is 2.85. The Morgan fingerprint density at radius 1 is 1.16 bits per heavy atom. The lowest BCUT2D eigenvalue weighted by atomic mass is 10.0. The van der Waals surface area contributed by atoms with Gasteiger partial charge in [0.1, 0.15) is 0 Å². The molecule has 0 aromatic heterocycles. The highest BCUT2D eigenvalue weighted by Crippen LogP contribution is 2.33. The van der Waals surface area contributed by atoms with Crippen LogP contribution in [0.2, 0.25) is 0 Å². The zero-order valence-corrected chi connectivity index (χ0v) is 14.1. The number of carbonyl (C=O) groups is 1. The number of benzene rings is 2. The van der Waals surface area contributed by atoms with Crippen molar-refractivity contribution in [3.05, 3.63) is 69.8 Å². The van der Waals surface area contributed by atoms with Crippen molar-refractivity contribution in [2.75, 3.05) is 17.4 Å². The molecule has 0 radical (unpaired) electrons. The first-order chi connectivity index (χ1) is 11.9. The number of sulfonamides is 1. The maximum Gasteiger partial charge on any atom is 0.264 e. The standard InChI is InChI=1S/C17H16N2O5S/c20-17(9-11-19(21)22)14-6-7-16-13(12-14)8-10-18(16)25(23,24)15-4-2-1-3-5-15/h1-7,12H,8-11H2. The van der Waals surface area contributed by atoms with E-state index in [0.717, 1.165) is 5.56 Å². The molecule has 0 unspecified atom stereocenters. The molecule has 0 fully saturated rings. The van der Waals surface area contributed by atoms with E-state index in [1.54, 1.807) is 42.5 Å². The van der Waals surface area contributed by atoms with Gasteiger partial charge in [-0.1, -0.05) is 18.2 Å².